The van der Waals surface area contributed by atoms with E-state index in [1.807, 2.05) is 23.6 Å². The first-order valence-corrected chi connectivity index (χ1v) is 9.19. The molecule has 1 atom stereocenters. The van der Waals surface area contributed by atoms with Gasteiger partial charge in [0.1, 0.15) is 0 Å². The summed E-state index contributed by atoms with van der Waals surface area (Å²) in [6.45, 7) is 5.03. The Morgan fingerprint density at radius 2 is 2.30 bits per heavy atom. The molecule has 0 aliphatic carbocycles. The number of thiophene rings is 1. The number of piperidine rings is 1. The fourth-order valence-electron chi connectivity index (χ4n) is 3.01. The van der Waals surface area contributed by atoms with Crippen LogP contribution in [0.5, 0.6) is 0 Å². The van der Waals surface area contributed by atoms with Crippen LogP contribution in [0.4, 0.5) is 0 Å². The molecule has 1 aliphatic rings. The first kappa shape index (κ1) is 16.1. The van der Waals surface area contributed by atoms with E-state index >= 15 is 0 Å². The molecule has 1 fully saturated rings. The number of amides is 1. The lowest BCUT2D eigenvalue weighted by Crippen LogP contribution is -2.42. The molecule has 0 saturated carbocycles. The molecule has 2 aromatic heterocycles. The summed E-state index contributed by atoms with van der Waals surface area (Å²) in [5.41, 5.74) is 2.63. The van der Waals surface area contributed by atoms with Crippen LogP contribution in [-0.4, -0.2) is 41.5 Å². The van der Waals surface area contributed by atoms with Crippen LogP contribution in [0.25, 0.3) is 11.3 Å². The normalized spacial score (nSPS) is 18.7. The van der Waals surface area contributed by atoms with Crippen molar-refractivity contribution in [1.29, 1.82) is 0 Å². The Morgan fingerprint density at radius 1 is 1.39 bits per heavy atom. The highest BCUT2D eigenvalue weighted by atomic mass is 32.1. The van der Waals surface area contributed by atoms with Crippen molar-refractivity contribution in [1.82, 2.24) is 15.2 Å². The second-order valence-corrected chi connectivity index (χ2v) is 6.86. The zero-order valence-corrected chi connectivity index (χ0v) is 14.3. The highest BCUT2D eigenvalue weighted by molar-refractivity contribution is 7.08. The van der Waals surface area contributed by atoms with E-state index in [1.165, 1.54) is 19.3 Å². The maximum atomic E-state index is 12.2. The molecule has 23 heavy (non-hydrogen) atoms. The highest BCUT2D eigenvalue weighted by Gasteiger charge is 2.17. The van der Waals surface area contributed by atoms with Crippen LogP contribution < -0.4 is 5.32 Å². The Kier molecular flexibility index (Phi) is 5.41. The first-order valence-electron chi connectivity index (χ1n) is 8.25. The highest BCUT2D eigenvalue weighted by Crippen LogP contribution is 2.19. The molecule has 3 rings (SSSR count). The molecule has 1 N–H and O–H groups in total. The fourth-order valence-corrected chi connectivity index (χ4v) is 3.66. The second-order valence-electron chi connectivity index (χ2n) is 6.08. The molecule has 1 amide bonds. The van der Waals surface area contributed by atoms with Crippen LogP contribution in [0.15, 0.2) is 35.2 Å². The van der Waals surface area contributed by atoms with Crippen LogP contribution in [0.1, 0.15) is 36.5 Å². The molecule has 0 aromatic carbocycles. The summed E-state index contributed by atoms with van der Waals surface area (Å²) in [4.78, 5) is 19.0. The minimum atomic E-state index is -0.0426. The minimum absolute atomic E-state index is 0.0426. The van der Waals surface area contributed by atoms with Crippen LogP contribution >= 0.6 is 11.3 Å². The van der Waals surface area contributed by atoms with Crippen molar-refractivity contribution in [3.63, 3.8) is 0 Å². The summed E-state index contributed by atoms with van der Waals surface area (Å²) in [6.07, 6.45) is 5.52. The second kappa shape index (κ2) is 7.70. The molecular weight excluding hydrogens is 306 g/mol. The molecule has 1 saturated heterocycles. The number of nitrogens with one attached hydrogen (secondary N) is 1. The predicted molar refractivity (Wildman–Crippen MR) is 94.8 cm³/mol. The van der Waals surface area contributed by atoms with Crippen molar-refractivity contribution in [2.45, 2.75) is 32.2 Å². The smallest absolute Gasteiger partial charge is 0.252 e. The van der Waals surface area contributed by atoms with Crippen LogP contribution in [0, 0.1) is 0 Å². The predicted octanol–water partition coefficient (Wildman–Crippen LogP) is 3.41. The van der Waals surface area contributed by atoms with E-state index in [2.05, 4.69) is 27.5 Å². The van der Waals surface area contributed by atoms with Gasteiger partial charge in [0.2, 0.25) is 0 Å². The van der Waals surface area contributed by atoms with Gasteiger partial charge in [-0.05, 0) is 49.9 Å². The Morgan fingerprint density at radius 3 is 3.00 bits per heavy atom. The third kappa shape index (κ3) is 4.18. The Labute approximate surface area is 141 Å². The number of carbonyl (C=O) groups excluding carboxylic acids is 1. The van der Waals surface area contributed by atoms with Gasteiger partial charge >= 0.3 is 0 Å². The van der Waals surface area contributed by atoms with Crippen LogP contribution in [0.2, 0.25) is 0 Å². The van der Waals surface area contributed by atoms with Crippen molar-refractivity contribution < 1.29 is 4.79 Å². The molecule has 0 bridgehead atoms. The molecule has 1 aliphatic heterocycles. The SMILES string of the molecule is CC1CCCCN1CCNC(=O)c1ccc(-c2ccsc2)nc1. The summed E-state index contributed by atoms with van der Waals surface area (Å²) in [6, 6.07) is 6.42. The third-order valence-electron chi connectivity index (χ3n) is 4.47. The molecule has 0 radical (unpaired) electrons. The maximum Gasteiger partial charge on any atom is 0.252 e. The summed E-state index contributed by atoms with van der Waals surface area (Å²) in [5.74, 6) is -0.0426. The third-order valence-corrected chi connectivity index (χ3v) is 5.15. The van der Waals surface area contributed by atoms with Gasteiger partial charge in [-0.2, -0.15) is 11.3 Å². The van der Waals surface area contributed by atoms with Gasteiger partial charge in [-0.15, -0.1) is 0 Å². The number of pyridine rings is 1. The molecule has 122 valence electrons. The van der Waals surface area contributed by atoms with E-state index in [9.17, 15) is 4.79 Å². The van der Waals surface area contributed by atoms with Crippen molar-refractivity contribution >= 4 is 17.2 Å². The van der Waals surface area contributed by atoms with E-state index in [0.717, 1.165) is 24.3 Å². The van der Waals surface area contributed by atoms with Crippen molar-refractivity contribution in [2.75, 3.05) is 19.6 Å². The molecule has 4 nitrogen and oxygen atoms in total. The maximum absolute atomic E-state index is 12.2. The Hall–Kier alpha value is -1.72. The average Bonchev–Trinajstić information content (AvgIpc) is 3.11. The first-order chi connectivity index (χ1) is 11.2. The number of carbonyl (C=O) groups is 1. The van der Waals surface area contributed by atoms with Gasteiger partial charge in [0, 0.05) is 36.3 Å². The van der Waals surface area contributed by atoms with Crippen molar-refractivity contribution in [2.24, 2.45) is 0 Å². The quantitative estimate of drug-likeness (QED) is 0.914. The lowest BCUT2D eigenvalue weighted by atomic mass is 10.0. The van der Waals surface area contributed by atoms with Gasteiger partial charge in [0.05, 0.1) is 11.3 Å². The summed E-state index contributed by atoms with van der Waals surface area (Å²) < 4.78 is 0. The topological polar surface area (TPSA) is 45.2 Å². The standard InChI is InChI=1S/C18H23N3OS/c1-14-4-2-3-9-21(14)10-8-19-18(22)15-5-6-17(20-12-15)16-7-11-23-13-16/h5-7,11-14H,2-4,8-10H2,1H3,(H,19,22). The fraction of sp³-hybridized carbons (Fsp3) is 0.444. The lowest BCUT2D eigenvalue weighted by molar-refractivity contribution is 0.0938. The number of aromatic nitrogens is 1. The van der Waals surface area contributed by atoms with Crippen LogP contribution in [-0.2, 0) is 0 Å². The largest absolute Gasteiger partial charge is 0.351 e. The number of hydrogen-bond acceptors (Lipinski definition) is 4. The molecule has 2 aromatic rings. The van der Waals surface area contributed by atoms with Gasteiger partial charge in [-0.3, -0.25) is 14.7 Å². The van der Waals surface area contributed by atoms with Crippen LogP contribution in [0.3, 0.4) is 0 Å². The average molecular weight is 329 g/mol. The lowest BCUT2D eigenvalue weighted by Gasteiger charge is -2.33. The van der Waals surface area contributed by atoms with E-state index in [4.69, 9.17) is 0 Å². The summed E-state index contributed by atoms with van der Waals surface area (Å²) in [7, 11) is 0. The van der Waals surface area contributed by atoms with Gasteiger partial charge < -0.3 is 5.32 Å². The zero-order valence-electron chi connectivity index (χ0n) is 13.5. The number of hydrogen-bond donors (Lipinski definition) is 1. The van der Waals surface area contributed by atoms with Gasteiger partial charge in [0.15, 0.2) is 0 Å². The van der Waals surface area contributed by atoms with E-state index in [1.54, 1.807) is 17.5 Å². The van der Waals surface area contributed by atoms with Gasteiger partial charge in [-0.1, -0.05) is 6.42 Å². The zero-order chi connectivity index (χ0) is 16.1. The Balaban J connectivity index is 1.50. The van der Waals surface area contributed by atoms with E-state index < -0.39 is 0 Å². The monoisotopic (exact) mass is 329 g/mol. The van der Waals surface area contributed by atoms with Gasteiger partial charge in [0.25, 0.3) is 5.91 Å². The molecular formula is C18H23N3OS. The van der Waals surface area contributed by atoms with Crippen molar-refractivity contribution in [3.05, 3.63) is 40.7 Å². The molecule has 0 spiro atoms. The number of rotatable bonds is 5. The number of likely N-dealkylation sites (tertiary alicyclic amines) is 1. The summed E-state index contributed by atoms with van der Waals surface area (Å²) in [5, 5.41) is 7.09. The Bertz CT molecular complexity index is 624. The van der Waals surface area contributed by atoms with Gasteiger partial charge in [-0.25, -0.2) is 0 Å². The van der Waals surface area contributed by atoms with E-state index in [-0.39, 0.29) is 5.91 Å². The van der Waals surface area contributed by atoms with Crippen molar-refractivity contribution in [3.8, 4) is 11.3 Å². The molecule has 1 unspecified atom stereocenters. The molecule has 3 heterocycles. The molecule has 5 heteroatoms. The number of nitrogens with zero attached hydrogens (tertiary/aromatic N) is 2. The summed E-state index contributed by atoms with van der Waals surface area (Å²) >= 11 is 1.65. The van der Waals surface area contributed by atoms with E-state index in [0.29, 0.717) is 18.2 Å². The minimum Gasteiger partial charge on any atom is -0.351 e.